The Kier molecular flexibility index (Phi) is 5.39. The third-order valence-electron chi connectivity index (χ3n) is 13.1. The van der Waals surface area contributed by atoms with Crippen molar-refractivity contribution < 1.29 is 9.13 Å². The van der Waals surface area contributed by atoms with Crippen molar-refractivity contribution in [2.24, 2.45) is 0 Å². The number of thiophene rings is 1. The fourth-order valence-electron chi connectivity index (χ4n) is 10.4. The molecule has 0 radical (unpaired) electrons. The first kappa shape index (κ1) is 28.8. The quantitative estimate of drug-likeness (QED) is 0.141. The Bertz CT molecular complexity index is 3200. The number of aryl methyl sites for hydroxylation is 1. The molecular formula is C48H35N3S+2. The van der Waals surface area contributed by atoms with Gasteiger partial charge < -0.3 is 4.40 Å². The molecule has 4 heteroatoms. The van der Waals surface area contributed by atoms with Crippen LogP contribution in [0.15, 0.2) is 146 Å². The fourth-order valence-corrected chi connectivity index (χ4v) is 11.6. The van der Waals surface area contributed by atoms with Gasteiger partial charge in [-0.15, -0.1) is 11.3 Å². The van der Waals surface area contributed by atoms with Crippen molar-refractivity contribution in [2.75, 3.05) is 0 Å². The van der Waals surface area contributed by atoms with Crippen molar-refractivity contribution in [3.63, 3.8) is 0 Å². The summed E-state index contributed by atoms with van der Waals surface area (Å²) < 4.78 is 10.2. The van der Waals surface area contributed by atoms with Gasteiger partial charge in [-0.1, -0.05) is 60.7 Å². The molecule has 5 aromatic heterocycles. The lowest BCUT2D eigenvalue weighted by Gasteiger charge is -2.45. The van der Waals surface area contributed by atoms with Crippen LogP contribution in [0, 0.1) is 0 Å². The van der Waals surface area contributed by atoms with E-state index in [-0.39, 0.29) is 5.41 Å². The molecule has 0 saturated carbocycles. The number of hydrogen-bond acceptors (Lipinski definition) is 1. The first-order chi connectivity index (χ1) is 25.5. The van der Waals surface area contributed by atoms with E-state index in [1.807, 2.05) is 11.3 Å². The maximum atomic E-state index is 5.00. The van der Waals surface area contributed by atoms with Crippen LogP contribution in [-0.2, 0) is 17.4 Å². The van der Waals surface area contributed by atoms with Crippen molar-refractivity contribution in [3.8, 4) is 22.5 Å². The molecular weight excluding hydrogens is 651 g/mol. The lowest BCUT2D eigenvalue weighted by Crippen LogP contribution is -2.71. The van der Waals surface area contributed by atoms with Gasteiger partial charge in [0.2, 0.25) is 11.4 Å². The molecule has 10 aromatic rings. The second kappa shape index (κ2) is 9.73. The zero-order valence-electron chi connectivity index (χ0n) is 29.2. The number of para-hydroxylation sites is 1. The second-order valence-electron chi connectivity index (χ2n) is 15.3. The maximum Gasteiger partial charge on any atom is 0.257 e. The average Bonchev–Trinajstić information content (AvgIpc) is 3.85. The molecule has 12 rings (SSSR count). The van der Waals surface area contributed by atoms with Gasteiger partial charge >= 0.3 is 0 Å². The lowest BCUT2D eigenvalue weighted by atomic mass is 9.59. The van der Waals surface area contributed by atoms with E-state index in [4.69, 9.17) is 6.58 Å². The molecule has 2 unspecified atom stereocenters. The first-order valence-electron chi connectivity index (χ1n) is 18.3. The molecule has 0 saturated heterocycles. The normalized spacial score (nSPS) is 19.8. The minimum Gasteiger partial charge on any atom is -0.308 e. The lowest BCUT2D eigenvalue weighted by molar-refractivity contribution is -0.769. The highest BCUT2D eigenvalue weighted by Gasteiger charge is 2.64. The number of aromatic nitrogens is 3. The number of fused-ring (bicyclic) bond motifs is 19. The van der Waals surface area contributed by atoms with Crippen LogP contribution in [0.3, 0.4) is 0 Å². The molecule has 0 spiro atoms. The van der Waals surface area contributed by atoms with E-state index in [0.29, 0.717) is 0 Å². The van der Waals surface area contributed by atoms with Crippen molar-refractivity contribution in [1.29, 1.82) is 0 Å². The number of nitrogens with zero attached hydrogens (tertiary/aromatic N) is 3. The van der Waals surface area contributed by atoms with E-state index >= 15 is 0 Å². The zero-order chi connectivity index (χ0) is 34.5. The van der Waals surface area contributed by atoms with Crippen LogP contribution in [0.25, 0.3) is 86.5 Å². The van der Waals surface area contributed by atoms with Crippen LogP contribution in [0.4, 0.5) is 0 Å². The summed E-state index contributed by atoms with van der Waals surface area (Å²) in [6.45, 7) is 9.94. The summed E-state index contributed by atoms with van der Waals surface area (Å²) in [5.74, 6) is 0. The minimum atomic E-state index is -0.476. The Morgan fingerprint density at radius 3 is 2.35 bits per heavy atom. The van der Waals surface area contributed by atoms with Crippen molar-refractivity contribution >= 4 is 75.3 Å². The summed E-state index contributed by atoms with van der Waals surface area (Å²) in [4.78, 5) is 0. The number of allylic oxidation sites excluding steroid dienone is 1. The number of rotatable bonds is 0. The molecule has 5 aromatic carbocycles. The van der Waals surface area contributed by atoms with Crippen LogP contribution in [0.1, 0.15) is 31.4 Å². The Morgan fingerprint density at radius 1 is 0.654 bits per heavy atom. The molecule has 246 valence electrons. The van der Waals surface area contributed by atoms with Gasteiger partial charge in [-0.25, -0.2) is 0 Å². The van der Waals surface area contributed by atoms with Gasteiger partial charge in [-0.3, -0.25) is 0 Å². The van der Waals surface area contributed by atoms with Gasteiger partial charge in [0.15, 0.2) is 12.4 Å². The Hall–Kier alpha value is -5.84. The topological polar surface area (TPSA) is 12.2 Å². The number of hydrogen-bond donors (Lipinski definition) is 0. The van der Waals surface area contributed by atoms with Gasteiger partial charge in [0, 0.05) is 78.5 Å². The maximum absolute atomic E-state index is 5.00. The van der Waals surface area contributed by atoms with Crippen molar-refractivity contribution in [3.05, 3.63) is 157 Å². The Labute approximate surface area is 305 Å². The average molecular weight is 686 g/mol. The highest BCUT2D eigenvalue weighted by molar-refractivity contribution is 7.26. The van der Waals surface area contributed by atoms with E-state index in [1.165, 1.54) is 91.9 Å². The molecule has 3 nitrogen and oxygen atoms in total. The van der Waals surface area contributed by atoms with Gasteiger partial charge in [-0.05, 0) is 79.9 Å². The van der Waals surface area contributed by atoms with Crippen molar-refractivity contribution in [1.82, 2.24) is 4.40 Å². The van der Waals surface area contributed by atoms with Gasteiger partial charge in [0.05, 0.1) is 27.5 Å². The Morgan fingerprint density at radius 2 is 1.42 bits per heavy atom. The molecule has 0 bridgehead atoms. The molecule has 7 heterocycles. The third kappa shape index (κ3) is 3.29. The van der Waals surface area contributed by atoms with E-state index in [0.717, 1.165) is 18.5 Å². The molecule has 0 aliphatic carbocycles. The molecule has 0 amide bonds. The van der Waals surface area contributed by atoms with E-state index in [1.54, 1.807) is 0 Å². The van der Waals surface area contributed by atoms with Crippen LogP contribution in [0.5, 0.6) is 0 Å². The standard InChI is InChI=1S/C48H35N3S/c1-29-48(3)47(2,24-23-30-13-4-5-14-31(30)39-18-8-10-25-49(29)39)38-28-42-36(27-37(38)40-19-9-11-26-50(40)48)33-16-12-17-35-44-41(51(42)45(33)35)22-21-34-32-15-6-7-20-43(32)52-46(34)44/h4-22,25-28H,1,23-24H2,2-3H3/q+2. The minimum absolute atomic E-state index is 0.305. The molecule has 0 N–H and O–H groups in total. The second-order valence-corrected chi connectivity index (χ2v) is 16.4. The zero-order valence-corrected chi connectivity index (χ0v) is 30.0. The first-order valence-corrected chi connectivity index (χ1v) is 19.2. The highest BCUT2D eigenvalue weighted by Crippen LogP contribution is 2.54. The fraction of sp³-hybridized carbons (Fsp3) is 0.125. The summed E-state index contributed by atoms with van der Waals surface area (Å²) in [5.41, 5.74) is 12.0. The highest BCUT2D eigenvalue weighted by atomic mass is 32.1. The van der Waals surface area contributed by atoms with Crippen LogP contribution in [-0.4, -0.2) is 4.40 Å². The van der Waals surface area contributed by atoms with Gasteiger partial charge in [0.25, 0.3) is 11.2 Å². The molecule has 2 aliphatic heterocycles. The molecule has 2 atom stereocenters. The predicted molar refractivity (Wildman–Crippen MR) is 216 cm³/mol. The SMILES string of the molecule is C=C1[n+]2ccccc2-c2ccccc2CCC2(C)c3cc4c(cc3-c3cccc[n+]3C12C)c1cccc2c3c5sc6ccccc6c5ccc3n4c12. The monoisotopic (exact) mass is 685 g/mol. The summed E-state index contributed by atoms with van der Waals surface area (Å²) in [5, 5.41) is 8.04. The summed E-state index contributed by atoms with van der Waals surface area (Å²) >= 11 is 1.93. The van der Waals surface area contributed by atoms with E-state index in [2.05, 4.69) is 167 Å². The number of benzene rings is 5. The smallest absolute Gasteiger partial charge is 0.257 e. The predicted octanol–water partition coefficient (Wildman–Crippen LogP) is 11.2. The summed E-state index contributed by atoms with van der Waals surface area (Å²) in [6, 6.07) is 47.8. The molecule has 52 heavy (non-hydrogen) atoms. The van der Waals surface area contributed by atoms with Crippen LogP contribution in [0.2, 0.25) is 0 Å². The Balaban J connectivity index is 1.22. The van der Waals surface area contributed by atoms with E-state index < -0.39 is 5.54 Å². The van der Waals surface area contributed by atoms with Crippen molar-refractivity contribution in [2.45, 2.75) is 37.6 Å². The van der Waals surface area contributed by atoms with Gasteiger partial charge in [0.1, 0.15) is 0 Å². The van der Waals surface area contributed by atoms with Gasteiger partial charge in [-0.2, -0.15) is 9.13 Å². The summed E-state index contributed by atoms with van der Waals surface area (Å²) in [7, 11) is 0. The van der Waals surface area contributed by atoms with Crippen LogP contribution < -0.4 is 9.13 Å². The largest absolute Gasteiger partial charge is 0.308 e. The van der Waals surface area contributed by atoms with E-state index in [9.17, 15) is 0 Å². The van der Waals surface area contributed by atoms with Crippen LogP contribution >= 0.6 is 11.3 Å². The number of pyridine rings is 2. The molecule has 0 fully saturated rings. The third-order valence-corrected chi connectivity index (χ3v) is 14.4. The molecule has 2 aliphatic rings. The summed E-state index contributed by atoms with van der Waals surface area (Å²) in [6.07, 6.45) is 6.43.